The Labute approximate surface area is 190 Å². The summed E-state index contributed by atoms with van der Waals surface area (Å²) in [6, 6.07) is 16.4. The van der Waals surface area contributed by atoms with Gasteiger partial charge >= 0.3 is 0 Å². The topological polar surface area (TPSA) is 49.8 Å². The van der Waals surface area contributed by atoms with Crippen molar-refractivity contribution in [1.29, 1.82) is 0 Å². The van der Waals surface area contributed by atoms with Gasteiger partial charge in [0, 0.05) is 23.8 Å². The van der Waals surface area contributed by atoms with Crippen LogP contribution >= 0.6 is 0 Å². The van der Waals surface area contributed by atoms with E-state index in [1.807, 2.05) is 30.5 Å². The van der Waals surface area contributed by atoms with Gasteiger partial charge in [-0.3, -0.25) is 4.98 Å². The normalized spacial score (nSPS) is 16.2. The lowest BCUT2D eigenvalue weighted by Gasteiger charge is -2.23. The van der Waals surface area contributed by atoms with Crippen LogP contribution in [0.2, 0.25) is 0 Å². The molecule has 1 aliphatic heterocycles. The summed E-state index contributed by atoms with van der Waals surface area (Å²) in [6.07, 6.45) is 9.32. The first-order chi connectivity index (χ1) is 15.8. The summed E-state index contributed by atoms with van der Waals surface area (Å²) in [7, 11) is 1.71. The minimum absolute atomic E-state index is 0.101. The molecule has 2 aromatic carbocycles. The molecule has 0 N–H and O–H groups in total. The van der Waals surface area contributed by atoms with Crippen LogP contribution in [0.5, 0.6) is 11.5 Å². The summed E-state index contributed by atoms with van der Waals surface area (Å²) in [6.45, 7) is 1.99. The van der Waals surface area contributed by atoms with Crippen molar-refractivity contribution in [3.8, 4) is 11.5 Å². The third-order valence-corrected chi connectivity index (χ3v) is 5.88. The maximum Gasteiger partial charge on any atom is 0.158 e. The number of fused-ring (bicyclic) bond motifs is 1. The predicted octanol–water partition coefficient (Wildman–Crippen LogP) is 6.08. The lowest BCUT2D eigenvalue weighted by molar-refractivity contribution is -0.168. The lowest BCUT2D eigenvalue weighted by Crippen LogP contribution is -2.22. The molecule has 5 nitrogen and oxygen atoms in total. The van der Waals surface area contributed by atoms with E-state index >= 15 is 0 Å². The van der Waals surface area contributed by atoms with Gasteiger partial charge in [-0.05, 0) is 80.8 Å². The average Bonchev–Trinajstić information content (AvgIpc) is 2.86. The molecule has 1 aliphatic rings. The Morgan fingerprint density at radius 2 is 2.00 bits per heavy atom. The van der Waals surface area contributed by atoms with Crippen LogP contribution in [-0.4, -0.2) is 31.6 Å². The highest BCUT2D eigenvalue weighted by Crippen LogP contribution is 2.28. The van der Waals surface area contributed by atoms with Crippen LogP contribution in [0.1, 0.15) is 49.7 Å². The van der Waals surface area contributed by atoms with Crippen molar-refractivity contribution in [2.24, 2.45) is 0 Å². The first-order valence-electron chi connectivity index (χ1n) is 11.7. The fourth-order valence-corrected chi connectivity index (χ4v) is 4.09. The molecular weight excluding hydrogens is 402 g/mol. The zero-order valence-corrected chi connectivity index (χ0v) is 18.9. The second-order valence-electron chi connectivity index (χ2n) is 8.24. The minimum Gasteiger partial charge on any atom is -0.497 e. The van der Waals surface area contributed by atoms with E-state index in [0.717, 1.165) is 79.5 Å². The van der Waals surface area contributed by atoms with Crippen LogP contribution in [-0.2, 0) is 22.5 Å². The zero-order chi connectivity index (χ0) is 22.0. The summed E-state index contributed by atoms with van der Waals surface area (Å²) in [5.74, 6) is 1.81. The minimum atomic E-state index is -0.101. The maximum atomic E-state index is 6.13. The molecule has 170 valence electrons. The molecule has 0 bridgehead atoms. The van der Waals surface area contributed by atoms with Gasteiger partial charge in [-0.15, -0.1) is 0 Å². The van der Waals surface area contributed by atoms with E-state index in [1.54, 1.807) is 7.11 Å². The van der Waals surface area contributed by atoms with Crippen molar-refractivity contribution in [3.05, 3.63) is 65.9 Å². The van der Waals surface area contributed by atoms with Crippen molar-refractivity contribution in [1.82, 2.24) is 4.98 Å². The summed E-state index contributed by atoms with van der Waals surface area (Å²) in [5.41, 5.74) is 3.33. The van der Waals surface area contributed by atoms with Crippen molar-refractivity contribution in [3.63, 3.8) is 0 Å². The van der Waals surface area contributed by atoms with E-state index in [2.05, 4.69) is 29.2 Å². The molecule has 1 atom stereocenters. The number of nitrogens with zero attached hydrogens (tertiary/aromatic N) is 1. The Bertz CT molecular complexity index is 984. The van der Waals surface area contributed by atoms with E-state index in [9.17, 15) is 0 Å². The molecule has 0 amide bonds. The van der Waals surface area contributed by atoms with Gasteiger partial charge in [0.2, 0.25) is 0 Å². The lowest BCUT2D eigenvalue weighted by atomic mass is 10.1. The van der Waals surface area contributed by atoms with Crippen LogP contribution in [0.3, 0.4) is 0 Å². The van der Waals surface area contributed by atoms with Gasteiger partial charge < -0.3 is 18.9 Å². The van der Waals surface area contributed by atoms with E-state index in [-0.39, 0.29) is 6.29 Å². The van der Waals surface area contributed by atoms with Crippen molar-refractivity contribution >= 4 is 10.9 Å². The summed E-state index contributed by atoms with van der Waals surface area (Å²) >= 11 is 0. The second kappa shape index (κ2) is 11.8. The fourth-order valence-electron chi connectivity index (χ4n) is 4.09. The largest absolute Gasteiger partial charge is 0.497 e. The number of benzene rings is 2. The molecule has 3 aromatic rings. The van der Waals surface area contributed by atoms with Gasteiger partial charge in [0.15, 0.2) is 6.29 Å². The molecule has 0 radical (unpaired) electrons. The first kappa shape index (κ1) is 22.6. The molecule has 1 aromatic heterocycles. The zero-order valence-electron chi connectivity index (χ0n) is 18.9. The molecule has 5 heteroatoms. The SMILES string of the molecule is COc1cccc(CCCCCOc2ccc(COC3CCCCO3)c3ncccc23)c1. The summed E-state index contributed by atoms with van der Waals surface area (Å²) in [4.78, 5) is 4.60. The van der Waals surface area contributed by atoms with Crippen LogP contribution in [0.25, 0.3) is 10.9 Å². The number of methoxy groups -OCH3 is 1. The van der Waals surface area contributed by atoms with Gasteiger partial charge in [0.05, 0.1) is 25.8 Å². The second-order valence-corrected chi connectivity index (χ2v) is 8.24. The number of hydrogen-bond acceptors (Lipinski definition) is 5. The predicted molar refractivity (Wildman–Crippen MR) is 126 cm³/mol. The molecule has 1 saturated heterocycles. The van der Waals surface area contributed by atoms with Gasteiger partial charge in [0.1, 0.15) is 11.5 Å². The Morgan fingerprint density at radius 3 is 2.88 bits per heavy atom. The van der Waals surface area contributed by atoms with Crippen molar-refractivity contribution in [2.45, 2.75) is 57.8 Å². The molecule has 0 aliphatic carbocycles. The standard InChI is InChI=1S/C27H33NO4/c1-29-23-11-7-10-21(19-23)9-3-2-5-17-30-25-15-14-22(27-24(25)12-8-16-28-27)20-32-26-13-4-6-18-31-26/h7-8,10-12,14-16,19,26H,2-6,9,13,17-18,20H2,1H3. The number of rotatable bonds is 11. The smallest absolute Gasteiger partial charge is 0.158 e. The number of aromatic nitrogens is 1. The van der Waals surface area contributed by atoms with Crippen molar-refractivity contribution in [2.75, 3.05) is 20.3 Å². The van der Waals surface area contributed by atoms with E-state index in [1.165, 1.54) is 5.56 Å². The van der Waals surface area contributed by atoms with Gasteiger partial charge in [-0.1, -0.05) is 18.2 Å². The number of unbranched alkanes of at least 4 members (excludes halogenated alkanes) is 2. The molecule has 0 spiro atoms. The van der Waals surface area contributed by atoms with Gasteiger partial charge in [-0.2, -0.15) is 0 Å². The van der Waals surface area contributed by atoms with Crippen LogP contribution < -0.4 is 9.47 Å². The third kappa shape index (κ3) is 6.21. The Hall–Kier alpha value is -2.63. The van der Waals surface area contributed by atoms with Crippen LogP contribution in [0.15, 0.2) is 54.7 Å². The fraction of sp³-hybridized carbons (Fsp3) is 0.444. The highest BCUT2D eigenvalue weighted by molar-refractivity contribution is 5.87. The van der Waals surface area contributed by atoms with E-state index < -0.39 is 0 Å². The molecule has 4 rings (SSSR count). The average molecular weight is 436 g/mol. The van der Waals surface area contributed by atoms with E-state index in [0.29, 0.717) is 13.2 Å². The number of aryl methyl sites for hydroxylation is 1. The highest BCUT2D eigenvalue weighted by atomic mass is 16.7. The number of ether oxygens (including phenoxy) is 4. The molecule has 2 heterocycles. The maximum absolute atomic E-state index is 6.13. The molecule has 32 heavy (non-hydrogen) atoms. The highest BCUT2D eigenvalue weighted by Gasteiger charge is 2.15. The van der Waals surface area contributed by atoms with Crippen molar-refractivity contribution < 1.29 is 18.9 Å². The molecule has 0 saturated carbocycles. The quantitative estimate of drug-likeness (QED) is 0.342. The van der Waals surface area contributed by atoms with Crippen LogP contribution in [0, 0.1) is 0 Å². The Morgan fingerprint density at radius 1 is 1.03 bits per heavy atom. The summed E-state index contributed by atoms with van der Waals surface area (Å²) < 4.78 is 23.1. The number of pyridine rings is 1. The van der Waals surface area contributed by atoms with Gasteiger partial charge in [0.25, 0.3) is 0 Å². The summed E-state index contributed by atoms with van der Waals surface area (Å²) in [5, 5.41) is 1.04. The third-order valence-electron chi connectivity index (χ3n) is 5.88. The van der Waals surface area contributed by atoms with E-state index in [4.69, 9.17) is 18.9 Å². The monoisotopic (exact) mass is 435 g/mol. The Balaban J connectivity index is 1.26. The number of hydrogen-bond donors (Lipinski definition) is 0. The van der Waals surface area contributed by atoms with Gasteiger partial charge in [-0.25, -0.2) is 0 Å². The molecule has 1 fully saturated rings. The molecular formula is C27H33NO4. The Kier molecular flexibility index (Phi) is 8.35. The molecule has 1 unspecified atom stereocenters. The first-order valence-corrected chi connectivity index (χ1v) is 11.7. The van der Waals surface area contributed by atoms with Crippen LogP contribution in [0.4, 0.5) is 0 Å².